The quantitative estimate of drug-likeness (QED) is 0.691. The number of ether oxygens (including phenoxy) is 1. The van der Waals surface area contributed by atoms with E-state index in [0.29, 0.717) is 5.56 Å². The molecule has 0 aliphatic heterocycles. The number of carbonyl (C=O) groups is 1. The third-order valence-electron chi connectivity index (χ3n) is 1.62. The Bertz CT molecular complexity index is 451. The smallest absolute Gasteiger partial charge is 0.322 e. The molecule has 8 heteroatoms. The fourth-order valence-electron chi connectivity index (χ4n) is 0.855. The number of nitrogens with one attached hydrogen (secondary N) is 2. The van der Waals surface area contributed by atoms with Gasteiger partial charge in [-0.05, 0) is 6.92 Å². The number of anilines is 1. The van der Waals surface area contributed by atoms with Crippen LogP contribution in [0.15, 0.2) is 6.20 Å². The molecular weight excluding hydrogens is 222 g/mol. The first-order chi connectivity index (χ1) is 6.94. The number of hydrogen-bond acceptors (Lipinski definition) is 5. The van der Waals surface area contributed by atoms with Gasteiger partial charge in [0.1, 0.15) is 5.82 Å². The molecule has 1 aromatic heterocycles. The van der Waals surface area contributed by atoms with Crippen molar-refractivity contribution in [3.05, 3.63) is 11.8 Å². The van der Waals surface area contributed by atoms with E-state index in [-0.39, 0.29) is 5.82 Å². The Balaban J connectivity index is 2.73. The van der Waals surface area contributed by atoms with E-state index in [2.05, 4.69) is 19.7 Å². The van der Waals surface area contributed by atoms with Crippen LogP contribution in [0.2, 0.25) is 0 Å². The SMILES string of the molecule is COC(=O)CS(=O)(=O)Nc1[nH]ncc1C. The lowest BCUT2D eigenvalue weighted by Gasteiger charge is -2.05. The predicted molar refractivity (Wildman–Crippen MR) is 52.8 cm³/mol. The minimum atomic E-state index is -3.73. The number of nitrogens with zero attached hydrogens (tertiary/aromatic N) is 1. The highest BCUT2D eigenvalue weighted by Crippen LogP contribution is 2.10. The van der Waals surface area contributed by atoms with Crippen LogP contribution in [0, 0.1) is 6.92 Å². The van der Waals surface area contributed by atoms with Gasteiger partial charge in [0, 0.05) is 5.56 Å². The summed E-state index contributed by atoms with van der Waals surface area (Å²) in [5.41, 5.74) is 0.642. The summed E-state index contributed by atoms with van der Waals surface area (Å²) in [6.07, 6.45) is 1.47. The van der Waals surface area contributed by atoms with Crippen molar-refractivity contribution in [1.29, 1.82) is 0 Å². The molecule has 0 saturated carbocycles. The van der Waals surface area contributed by atoms with Crippen molar-refractivity contribution in [3.8, 4) is 0 Å². The highest BCUT2D eigenvalue weighted by Gasteiger charge is 2.18. The zero-order valence-electron chi connectivity index (χ0n) is 8.27. The number of hydrogen-bond donors (Lipinski definition) is 2. The summed E-state index contributed by atoms with van der Waals surface area (Å²) in [7, 11) is -2.61. The number of esters is 1. The maximum Gasteiger partial charge on any atom is 0.322 e. The van der Waals surface area contributed by atoms with Gasteiger partial charge in [-0.15, -0.1) is 0 Å². The van der Waals surface area contributed by atoms with Crippen molar-refractivity contribution in [2.24, 2.45) is 0 Å². The third-order valence-corrected chi connectivity index (χ3v) is 2.75. The molecule has 0 radical (unpaired) electrons. The molecule has 0 atom stereocenters. The number of rotatable bonds is 4. The Hall–Kier alpha value is -1.57. The Morgan fingerprint density at radius 3 is 2.80 bits per heavy atom. The molecule has 1 aromatic rings. The number of aromatic amines is 1. The molecule has 0 fully saturated rings. The van der Waals surface area contributed by atoms with E-state index in [1.807, 2.05) is 0 Å². The summed E-state index contributed by atoms with van der Waals surface area (Å²) in [6, 6.07) is 0. The summed E-state index contributed by atoms with van der Waals surface area (Å²) in [5, 5.41) is 6.10. The van der Waals surface area contributed by atoms with Gasteiger partial charge in [-0.25, -0.2) is 8.42 Å². The van der Waals surface area contributed by atoms with E-state index in [9.17, 15) is 13.2 Å². The monoisotopic (exact) mass is 233 g/mol. The zero-order chi connectivity index (χ0) is 11.5. The van der Waals surface area contributed by atoms with Gasteiger partial charge >= 0.3 is 5.97 Å². The predicted octanol–water partition coefficient (Wildman–Crippen LogP) is -0.367. The molecule has 0 aliphatic carbocycles. The number of aryl methyl sites for hydroxylation is 1. The molecule has 7 nitrogen and oxygen atoms in total. The Labute approximate surface area is 86.9 Å². The van der Waals surface area contributed by atoms with Gasteiger partial charge in [0.15, 0.2) is 5.75 Å². The van der Waals surface area contributed by atoms with E-state index in [1.165, 1.54) is 6.20 Å². The topological polar surface area (TPSA) is 101 Å². The summed E-state index contributed by atoms with van der Waals surface area (Å²) >= 11 is 0. The van der Waals surface area contributed by atoms with Crippen LogP contribution >= 0.6 is 0 Å². The third kappa shape index (κ3) is 3.24. The summed E-state index contributed by atoms with van der Waals surface area (Å²) in [4.78, 5) is 10.8. The maximum absolute atomic E-state index is 11.4. The van der Waals surface area contributed by atoms with Gasteiger partial charge in [-0.3, -0.25) is 14.6 Å². The van der Waals surface area contributed by atoms with Crippen LogP contribution < -0.4 is 4.72 Å². The van der Waals surface area contributed by atoms with Crippen LogP contribution in [0.5, 0.6) is 0 Å². The van der Waals surface area contributed by atoms with Crippen molar-refractivity contribution >= 4 is 21.8 Å². The normalized spacial score (nSPS) is 11.1. The summed E-state index contributed by atoms with van der Waals surface area (Å²) in [6.45, 7) is 1.68. The first-order valence-corrected chi connectivity index (χ1v) is 5.67. The van der Waals surface area contributed by atoms with Crippen molar-refractivity contribution in [2.45, 2.75) is 6.92 Å². The number of carbonyl (C=O) groups excluding carboxylic acids is 1. The first kappa shape index (κ1) is 11.5. The maximum atomic E-state index is 11.4. The lowest BCUT2D eigenvalue weighted by molar-refractivity contribution is -0.137. The fraction of sp³-hybridized carbons (Fsp3) is 0.429. The molecule has 0 aliphatic rings. The molecule has 2 N–H and O–H groups in total. The Morgan fingerprint density at radius 2 is 2.33 bits per heavy atom. The molecule has 0 bridgehead atoms. The van der Waals surface area contributed by atoms with Gasteiger partial charge in [-0.1, -0.05) is 0 Å². The molecule has 0 saturated heterocycles. The van der Waals surface area contributed by atoms with Crippen molar-refractivity contribution in [1.82, 2.24) is 10.2 Å². The minimum Gasteiger partial charge on any atom is -0.468 e. The number of sulfonamides is 1. The van der Waals surface area contributed by atoms with E-state index in [0.717, 1.165) is 7.11 Å². The molecule has 0 spiro atoms. The minimum absolute atomic E-state index is 0.249. The Kier molecular flexibility index (Phi) is 3.30. The number of aromatic nitrogens is 2. The van der Waals surface area contributed by atoms with E-state index in [1.54, 1.807) is 6.92 Å². The zero-order valence-corrected chi connectivity index (χ0v) is 9.09. The second-order valence-electron chi connectivity index (χ2n) is 2.87. The molecule has 0 amide bonds. The van der Waals surface area contributed by atoms with Gasteiger partial charge in [-0.2, -0.15) is 5.10 Å². The lowest BCUT2D eigenvalue weighted by Crippen LogP contribution is -2.24. The van der Waals surface area contributed by atoms with Crippen LogP contribution in [0.4, 0.5) is 5.82 Å². The average molecular weight is 233 g/mol. The van der Waals surface area contributed by atoms with E-state index >= 15 is 0 Å². The molecule has 0 unspecified atom stereocenters. The summed E-state index contributed by atoms with van der Waals surface area (Å²) in [5.74, 6) is -1.29. The summed E-state index contributed by atoms with van der Waals surface area (Å²) < 4.78 is 29.2. The van der Waals surface area contributed by atoms with Crippen LogP contribution in [-0.4, -0.2) is 37.4 Å². The Morgan fingerprint density at radius 1 is 1.67 bits per heavy atom. The number of methoxy groups -OCH3 is 1. The molecule has 84 valence electrons. The van der Waals surface area contributed by atoms with Crippen LogP contribution in [0.25, 0.3) is 0 Å². The van der Waals surface area contributed by atoms with Crippen molar-refractivity contribution in [2.75, 3.05) is 17.6 Å². The van der Waals surface area contributed by atoms with Crippen LogP contribution in [0.1, 0.15) is 5.56 Å². The largest absolute Gasteiger partial charge is 0.468 e. The molecule has 0 aromatic carbocycles. The fourth-order valence-corrected chi connectivity index (χ4v) is 1.87. The molecule has 15 heavy (non-hydrogen) atoms. The van der Waals surface area contributed by atoms with E-state index < -0.39 is 21.7 Å². The highest BCUT2D eigenvalue weighted by molar-refractivity contribution is 7.93. The van der Waals surface area contributed by atoms with E-state index in [4.69, 9.17) is 0 Å². The van der Waals surface area contributed by atoms with Crippen molar-refractivity contribution < 1.29 is 17.9 Å². The molecule has 1 heterocycles. The molecule has 1 rings (SSSR count). The second-order valence-corrected chi connectivity index (χ2v) is 4.59. The lowest BCUT2D eigenvalue weighted by atomic mass is 10.4. The first-order valence-electron chi connectivity index (χ1n) is 4.02. The van der Waals surface area contributed by atoms with Crippen LogP contribution in [-0.2, 0) is 19.6 Å². The number of H-pyrrole nitrogens is 1. The van der Waals surface area contributed by atoms with Gasteiger partial charge in [0.05, 0.1) is 13.3 Å². The van der Waals surface area contributed by atoms with Gasteiger partial charge in [0.2, 0.25) is 10.0 Å². The van der Waals surface area contributed by atoms with Crippen molar-refractivity contribution in [3.63, 3.8) is 0 Å². The molecular formula is C7H11N3O4S. The second kappa shape index (κ2) is 4.30. The van der Waals surface area contributed by atoms with Crippen LogP contribution in [0.3, 0.4) is 0 Å². The van der Waals surface area contributed by atoms with Gasteiger partial charge < -0.3 is 4.74 Å². The average Bonchev–Trinajstić information content (AvgIpc) is 2.50. The standard InChI is InChI=1S/C7H11N3O4S/c1-5-3-8-9-7(5)10-15(12,13)4-6(11)14-2/h3H,4H2,1-2H3,(H2,8,9,10). The highest BCUT2D eigenvalue weighted by atomic mass is 32.2. The van der Waals surface area contributed by atoms with Gasteiger partial charge in [0.25, 0.3) is 0 Å².